The van der Waals surface area contributed by atoms with Gasteiger partial charge in [0.15, 0.2) is 0 Å². The minimum atomic E-state index is -0.0891. The fraction of sp³-hybridized carbons (Fsp3) is 0.875. The first-order chi connectivity index (χ1) is 5.10. The fourth-order valence-electron chi connectivity index (χ4n) is 1.24. The number of hydrogen-bond donors (Lipinski definition) is 0. The maximum absolute atomic E-state index is 10.9. The van der Waals surface area contributed by atoms with Crippen LogP contribution in [-0.2, 0) is 9.53 Å². The molecule has 1 saturated carbocycles. The molecule has 11 heavy (non-hydrogen) atoms. The number of ether oxygens (including phenoxy) is 1. The van der Waals surface area contributed by atoms with Gasteiger partial charge in [0.2, 0.25) is 0 Å². The number of alkyl halides is 1. The molecule has 1 unspecified atom stereocenters. The summed E-state index contributed by atoms with van der Waals surface area (Å²) < 4.78 is 4.62. The normalized spacial score (nSPS) is 22.5. The van der Waals surface area contributed by atoms with E-state index in [2.05, 4.69) is 27.6 Å². The Kier molecular flexibility index (Phi) is 2.58. The molecule has 0 radical (unpaired) electrons. The van der Waals surface area contributed by atoms with E-state index in [1.54, 1.807) is 0 Å². The van der Waals surface area contributed by atoms with Crippen molar-refractivity contribution in [3.63, 3.8) is 0 Å². The lowest BCUT2D eigenvalue weighted by Crippen LogP contribution is -2.17. The lowest BCUT2D eigenvalue weighted by Gasteiger charge is -2.15. The van der Waals surface area contributed by atoms with Crippen LogP contribution in [0, 0.1) is 5.41 Å². The van der Waals surface area contributed by atoms with Crippen LogP contribution in [0.4, 0.5) is 0 Å². The minimum Gasteiger partial charge on any atom is -0.469 e. The molecule has 0 heterocycles. The maximum Gasteiger partial charge on any atom is 0.306 e. The molecule has 0 aromatic carbocycles. The van der Waals surface area contributed by atoms with Crippen molar-refractivity contribution in [2.75, 3.05) is 7.11 Å². The molecule has 2 nitrogen and oxygen atoms in total. The molecular formula is C8H13BrO2. The number of esters is 1. The van der Waals surface area contributed by atoms with Gasteiger partial charge in [0, 0.05) is 4.83 Å². The molecule has 0 amide bonds. The molecule has 0 aliphatic heterocycles. The van der Waals surface area contributed by atoms with Gasteiger partial charge >= 0.3 is 5.97 Å². The smallest absolute Gasteiger partial charge is 0.306 e. The predicted molar refractivity (Wildman–Crippen MR) is 46.7 cm³/mol. The van der Waals surface area contributed by atoms with E-state index in [-0.39, 0.29) is 11.4 Å². The Morgan fingerprint density at radius 2 is 2.27 bits per heavy atom. The Hall–Kier alpha value is -0.0500. The van der Waals surface area contributed by atoms with E-state index in [1.807, 2.05) is 0 Å². The van der Waals surface area contributed by atoms with Gasteiger partial charge < -0.3 is 4.74 Å². The van der Waals surface area contributed by atoms with Gasteiger partial charge in [-0.05, 0) is 18.3 Å². The molecule has 0 spiro atoms. The van der Waals surface area contributed by atoms with Gasteiger partial charge in [-0.25, -0.2) is 0 Å². The van der Waals surface area contributed by atoms with E-state index in [1.165, 1.54) is 7.11 Å². The third-order valence-electron chi connectivity index (χ3n) is 2.46. The Bertz CT molecular complexity index is 161. The van der Waals surface area contributed by atoms with E-state index in [9.17, 15) is 4.79 Å². The van der Waals surface area contributed by atoms with Crippen LogP contribution < -0.4 is 0 Å². The topological polar surface area (TPSA) is 26.3 Å². The Labute approximate surface area is 75.4 Å². The molecule has 1 aliphatic rings. The molecule has 1 atom stereocenters. The summed E-state index contributed by atoms with van der Waals surface area (Å²) in [6, 6.07) is 0. The zero-order chi connectivity index (χ0) is 8.48. The van der Waals surface area contributed by atoms with Gasteiger partial charge in [-0.2, -0.15) is 0 Å². The quantitative estimate of drug-likeness (QED) is 0.539. The van der Waals surface area contributed by atoms with Crippen LogP contribution in [-0.4, -0.2) is 17.9 Å². The average Bonchev–Trinajstić information content (AvgIpc) is 2.69. The third kappa shape index (κ3) is 1.95. The molecule has 1 aliphatic carbocycles. The Morgan fingerprint density at radius 3 is 2.55 bits per heavy atom. The van der Waals surface area contributed by atoms with Crippen LogP contribution in [0.3, 0.4) is 0 Å². The SMILES string of the molecule is COC(=O)CC1(C(C)Br)CC1. The summed E-state index contributed by atoms with van der Waals surface area (Å²) in [6.45, 7) is 2.09. The van der Waals surface area contributed by atoms with Gasteiger partial charge in [0.25, 0.3) is 0 Å². The highest BCUT2D eigenvalue weighted by Gasteiger charge is 2.48. The van der Waals surface area contributed by atoms with E-state index in [4.69, 9.17) is 0 Å². The fourth-order valence-corrected chi connectivity index (χ4v) is 1.86. The van der Waals surface area contributed by atoms with Gasteiger partial charge in [-0.3, -0.25) is 4.79 Å². The summed E-state index contributed by atoms with van der Waals surface area (Å²) in [4.78, 5) is 11.4. The van der Waals surface area contributed by atoms with Gasteiger partial charge in [-0.1, -0.05) is 22.9 Å². The minimum absolute atomic E-state index is 0.0891. The molecule has 0 bridgehead atoms. The zero-order valence-corrected chi connectivity index (χ0v) is 8.48. The van der Waals surface area contributed by atoms with Crippen molar-refractivity contribution in [1.29, 1.82) is 0 Å². The van der Waals surface area contributed by atoms with Crippen molar-refractivity contribution in [2.24, 2.45) is 5.41 Å². The summed E-state index contributed by atoms with van der Waals surface area (Å²) in [5.74, 6) is -0.0891. The average molecular weight is 221 g/mol. The van der Waals surface area contributed by atoms with Crippen LogP contribution >= 0.6 is 15.9 Å². The van der Waals surface area contributed by atoms with E-state index < -0.39 is 0 Å². The van der Waals surface area contributed by atoms with Gasteiger partial charge in [0.1, 0.15) is 0 Å². The molecule has 0 saturated heterocycles. The van der Waals surface area contributed by atoms with Gasteiger partial charge in [0.05, 0.1) is 13.5 Å². The highest BCUT2D eigenvalue weighted by Crippen LogP contribution is 2.54. The second kappa shape index (κ2) is 3.13. The lowest BCUT2D eigenvalue weighted by atomic mass is 9.99. The van der Waals surface area contributed by atoms with Crippen LogP contribution in [0.15, 0.2) is 0 Å². The molecular weight excluding hydrogens is 208 g/mol. The number of carbonyl (C=O) groups excluding carboxylic acids is 1. The van der Waals surface area contributed by atoms with Crippen molar-refractivity contribution in [1.82, 2.24) is 0 Å². The highest BCUT2D eigenvalue weighted by atomic mass is 79.9. The van der Waals surface area contributed by atoms with E-state index in [0.29, 0.717) is 11.2 Å². The second-order valence-corrected chi connectivity index (χ2v) is 4.60. The van der Waals surface area contributed by atoms with Gasteiger partial charge in [-0.15, -0.1) is 0 Å². The van der Waals surface area contributed by atoms with E-state index >= 15 is 0 Å². The summed E-state index contributed by atoms with van der Waals surface area (Å²) in [5.41, 5.74) is 0.215. The van der Waals surface area contributed by atoms with Crippen molar-refractivity contribution in [2.45, 2.75) is 31.0 Å². The number of halogens is 1. The number of carbonyl (C=O) groups is 1. The molecule has 1 fully saturated rings. The number of hydrogen-bond acceptors (Lipinski definition) is 2. The third-order valence-corrected chi connectivity index (χ3v) is 3.43. The predicted octanol–water partition coefficient (Wildman–Crippen LogP) is 2.11. The summed E-state index contributed by atoms with van der Waals surface area (Å²) in [6.07, 6.45) is 2.86. The summed E-state index contributed by atoms with van der Waals surface area (Å²) >= 11 is 3.51. The van der Waals surface area contributed by atoms with Crippen molar-refractivity contribution in [3.05, 3.63) is 0 Å². The first kappa shape index (κ1) is 9.04. The van der Waals surface area contributed by atoms with E-state index in [0.717, 1.165) is 12.8 Å². The highest BCUT2D eigenvalue weighted by molar-refractivity contribution is 9.09. The molecule has 3 heteroatoms. The first-order valence-corrected chi connectivity index (χ1v) is 4.73. The van der Waals surface area contributed by atoms with Crippen LogP contribution in [0.1, 0.15) is 26.2 Å². The number of rotatable bonds is 3. The van der Waals surface area contributed by atoms with Crippen LogP contribution in [0.5, 0.6) is 0 Å². The van der Waals surface area contributed by atoms with Crippen LogP contribution in [0.2, 0.25) is 0 Å². The van der Waals surface area contributed by atoms with Crippen molar-refractivity contribution >= 4 is 21.9 Å². The molecule has 0 aromatic heterocycles. The van der Waals surface area contributed by atoms with Crippen molar-refractivity contribution in [3.8, 4) is 0 Å². The molecule has 1 rings (SSSR count). The zero-order valence-electron chi connectivity index (χ0n) is 6.89. The Balaban J connectivity index is 2.41. The first-order valence-electron chi connectivity index (χ1n) is 3.81. The lowest BCUT2D eigenvalue weighted by molar-refractivity contribution is -0.142. The maximum atomic E-state index is 10.9. The summed E-state index contributed by atoms with van der Waals surface area (Å²) in [5, 5.41) is 0. The van der Waals surface area contributed by atoms with Crippen molar-refractivity contribution < 1.29 is 9.53 Å². The largest absolute Gasteiger partial charge is 0.469 e. The molecule has 0 N–H and O–H groups in total. The monoisotopic (exact) mass is 220 g/mol. The summed E-state index contributed by atoms with van der Waals surface area (Å²) in [7, 11) is 1.44. The second-order valence-electron chi connectivity index (χ2n) is 3.23. The Morgan fingerprint density at radius 1 is 1.73 bits per heavy atom. The van der Waals surface area contributed by atoms with Crippen LogP contribution in [0.25, 0.3) is 0 Å². The molecule has 64 valence electrons. The molecule has 0 aromatic rings. The number of methoxy groups -OCH3 is 1. The standard InChI is InChI=1S/C8H13BrO2/c1-6(9)8(3-4-8)5-7(10)11-2/h6H,3-5H2,1-2H3.